The summed E-state index contributed by atoms with van der Waals surface area (Å²) in [5, 5.41) is 12.5. The number of nitrogens with one attached hydrogen (secondary N) is 1. The van der Waals surface area contributed by atoms with Crippen molar-refractivity contribution in [3.63, 3.8) is 0 Å². The van der Waals surface area contributed by atoms with Crippen LogP contribution in [0.1, 0.15) is 29.5 Å². The monoisotopic (exact) mass is 354 g/mol. The summed E-state index contributed by atoms with van der Waals surface area (Å²) in [6.45, 7) is 7.89. The van der Waals surface area contributed by atoms with Crippen molar-refractivity contribution in [3.05, 3.63) is 59.2 Å². The lowest BCUT2D eigenvalue weighted by atomic mass is 10.0. The Hall–Kier alpha value is -2.04. The third-order valence-electron chi connectivity index (χ3n) is 5.07. The zero-order chi connectivity index (χ0) is 18.4. The molecule has 2 aromatic rings. The van der Waals surface area contributed by atoms with Crippen molar-refractivity contribution in [2.45, 2.75) is 39.3 Å². The Labute approximate surface area is 156 Å². The zero-order valence-corrected chi connectivity index (χ0v) is 15.9. The molecule has 0 saturated carbocycles. The summed E-state index contributed by atoms with van der Waals surface area (Å²) in [6.07, 6.45) is 2.44. The molecule has 1 aliphatic rings. The molecule has 4 heteroatoms. The van der Waals surface area contributed by atoms with Gasteiger partial charge < -0.3 is 15.2 Å². The second kappa shape index (κ2) is 9.06. The Kier molecular flexibility index (Phi) is 6.53. The molecule has 1 heterocycles. The molecular weight excluding hydrogens is 324 g/mol. The Morgan fingerprint density at radius 1 is 1.12 bits per heavy atom. The minimum atomic E-state index is 0.0461. The number of rotatable bonds is 7. The molecule has 1 atom stereocenters. The van der Waals surface area contributed by atoms with Gasteiger partial charge in [0.25, 0.3) is 0 Å². The van der Waals surface area contributed by atoms with Crippen LogP contribution < -0.4 is 10.1 Å². The van der Waals surface area contributed by atoms with Gasteiger partial charge in [-0.05, 0) is 74.2 Å². The van der Waals surface area contributed by atoms with E-state index in [0.29, 0.717) is 12.6 Å². The molecule has 3 rings (SSSR count). The van der Waals surface area contributed by atoms with Crippen molar-refractivity contribution < 1.29 is 9.84 Å². The highest BCUT2D eigenvalue weighted by Gasteiger charge is 2.20. The molecule has 0 aromatic heterocycles. The minimum absolute atomic E-state index is 0.0461. The van der Waals surface area contributed by atoms with Crippen LogP contribution in [0.4, 0.5) is 5.69 Å². The third kappa shape index (κ3) is 5.23. The van der Waals surface area contributed by atoms with Crippen LogP contribution in [0.5, 0.6) is 5.75 Å². The van der Waals surface area contributed by atoms with Gasteiger partial charge >= 0.3 is 0 Å². The van der Waals surface area contributed by atoms with Crippen LogP contribution in [0.15, 0.2) is 42.5 Å². The van der Waals surface area contributed by atoms with Crippen molar-refractivity contribution in [3.8, 4) is 5.75 Å². The number of anilines is 1. The van der Waals surface area contributed by atoms with Crippen molar-refractivity contribution in [1.82, 2.24) is 4.90 Å². The molecule has 1 saturated heterocycles. The van der Waals surface area contributed by atoms with Gasteiger partial charge in [0, 0.05) is 24.8 Å². The molecule has 4 nitrogen and oxygen atoms in total. The fourth-order valence-corrected chi connectivity index (χ4v) is 3.50. The van der Waals surface area contributed by atoms with E-state index >= 15 is 0 Å². The van der Waals surface area contributed by atoms with Crippen molar-refractivity contribution in [1.29, 1.82) is 0 Å². The molecule has 1 fully saturated rings. The SMILES string of the molecule is Cc1ccc(N[C@@H]2CCCN(Cc3ccc(OCCO)cc3)C2)cc1C. The van der Waals surface area contributed by atoms with Crippen molar-refractivity contribution in [2.75, 3.05) is 31.6 Å². The number of aliphatic hydroxyl groups excluding tert-OH is 1. The van der Waals surface area contributed by atoms with E-state index in [1.54, 1.807) is 0 Å². The minimum Gasteiger partial charge on any atom is -0.491 e. The predicted octanol–water partition coefficient (Wildman–Crippen LogP) is 3.75. The maximum Gasteiger partial charge on any atom is 0.119 e. The number of aryl methyl sites for hydroxylation is 2. The molecule has 1 aliphatic heterocycles. The van der Waals surface area contributed by atoms with Crippen molar-refractivity contribution in [2.24, 2.45) is 0 Å². The van der Waals surface area contributed by atoms with Gasteiger partial charge in [0.2, 0.25) is 0 Å². The average Bonchev–Trinajstić information content (AvgIpc) is 2.65. The number of nitrogens with zero attached hydrogens (tertiary/aromatic N) is 1. The van der Waals surface area contributed by atoms with E-state index in [4.69, 9.17) is 9.84 Å². The molecule has 0 aliphatic carbocycles. The van der Waals surface area contributed by atoms with Crippen LogP contribution in [0.2, 0.25) is 0 Å². The molecule has 2 aromatic carbocycles. The Morgan fingerprint density at radius 2 is 1.92 bits per heavy atom. The molecule has 140 valence electrons. The molecule has 0 radical (unpaired) electrons. The molecule has 26 heavy (non-hydrogen) atoms. The van der Waals surface area contributed by atoms with Gasteiger partial charge in [0.1, 0.15) is 12.4 Å². The lowest BCUT2D eigenvalue weighted by Gasteiger charge is -2.33. The number of aliphatic hydroxyl groups is 1. The maximum absolute atomic E-state index is 8.82. The first-order valence-corrected chi connectivity index (χ1v) is 9.53. The summed E-state index contributed by atoms with van der Waals surface area (Å²) in [7, 11) is 0. The number of ether oxygens (including phenoxy) is 1. The van der Waals surface area contributed by atoms with E-state index in [1.807, 2.05) is 12.1 Å². The Balaban J connectivity index is 1.53. The smallest absolute Gasteiger partial charge is 0.119 e. The van der Waals surface area contributed by atoms with Crippen LogP contribution in [0.25, 0.3) is 0 Å². The number of benzene rings is 2. The van der Waals surface area contributed by atoms with Gasteiger partial charge in [-0.1, -0.05) is 18.2 Å². The molecular formula is C22H30N2O2. The van der Waals surface area contributed by atoms with Gasteiger partial charge in [-0.3, -0.25) is 4.90 Å². The van der Waals surface area contributed by atoms with Crippen LogP contribution in [0, 0.1) is 13.8 Å². The molecule has 0 amide bonds. The first-order chi connectivity index (χ1) is 12.6. The van der Waals surface area contributed by atoms with E-state index in [9.17, 15) is 0 Å². The Bertz CT molecular complexity index is 700. The zero-order valence-electron chi connectivity index (χ0n) is 15.9. The lowest BCUT2D eigenvalue weighted by Crippen LogP contribution is -2.41. The summed E-state index contributed by atoms with van der Waals surface area (Å²) in [4.78, 5) is 2.52. The van der Waals surface area contributed by atoms with Gasteiger partial charge in [-0.15, -0.1) is 0 Å². The fourth-order valence-electron chi connectivity index (χ4n) is 3.50. The summed E-state index contributed by atoms with van der Waals surface area (Å²) in [5.74, 6) is 0.815. The first-order valence-electron chi connectivity index (χ1n) is 9.53. The van der Waals surface area contributed by atoms with Crippen LogP contribution in [-0.2, 0) is 6.54 Å². The summed E-state index contributed by atoms with van der Waals surface area (Å²) in [6, 6.07) is 15.3. The summed E-state index contributed by atoms with van der Waals surface area (Å²) >= 11 is 0. The topological polar surface area (TPSA) is 44.7 Å². The molecule has 0 unspecified atom stereocenters. The van der Waals surface area contributed by atoms with Crippen LogP contribution in [-0.4, -0.2) is 42.4 Å². The second-order valence-electron chi connectivity index (χ2n) is 7.23. The summed E-state index contributed by atoms with van der Waals surface area (Å²) in [5.41, 5.74) is 5.21. The van der Waals surface area contributed by atoms with E-state index in [1.165, 1.54) is 35.2 Å². The normalized spacial score (nSPS) is 17.9. The first kappa shape index (κ1) is 18.7. The number of piperidine rings is 1. The molecule has 0 spiro atoms. The van der Waals surface area contributed by atoms with Crippen LogP contribution in [0.3, 0.4) is 0 Å². The molecule has 2 N–H and O–H groups in total. The lowest BCUT2D eigenvalue weighted by molar-refractivity contribution is 0.200. The maximum atomic E-state index is 8.82. The molecule has 0 bridgehead atoms. The van der Waals surface area contributed by atoms with E-state index < -0.39 is 0 Å². The average molecular weight is 354 g/mol. The van der Waals surface area contributed by atoms with Gasteiger partial charge in [-0.25, -0.2) is 0 Å². The third-order valence-corrected chi connectivity index (χ3v) is 5.07. The number of hydrogen-bond donors (Lipinski definition) is 2. The highest BCUT2D eigenvalue weighted by Crippen LogP contribution is 2.21. The van der Waals surface area contributed by atoms with Crippen molar-refractivity contribution >= 4 is 5.69 Å². The van der Waals surface area contributed by atoms with Gasteiger partial charge in [0.15, 0.2) is 0 Å². The predicted molar refractivity (Wildman–Crippen MR) is 107 cm³/mol. The van der Waals surface area contributed by atoms with E-state index in [-0.39, 0.29) is 6.61 Å². The second-order valence-corrected chi connectivity index (χ2v) is 7.23. The van der Waals surface area contributed by atoms with Gasteiger partial charge in [0.05, 0.1) is 6.61 Å². The quantitative estimate of drug-likeness (QED) is 0.795. The Morgan fingerprint density at radius 3 is 2.65 bits per heavy atom. The van der Waals surface area contributed by atoms with Gasteiger partial charge in [-0.2, -0.15) is 0 Å². The van der Waals surface area contributed by atoms with E-state index in [2.05, 4.69) is 54.4 Å². The number of hydrogen-bond acceptors (Lipinski definition) is 4. The largest absolute Gasteiger partial charge is 0.491 e. The fraction of sp³-hybridized carbons (Fsp3) is 0.455. The standard InChI is InChI=1S/C22H30N2O2/c1-17-5-8-20(14-18(17)2)23-21-4-3-11-24(16-21)15-19-6-9-22(10-7-19)26-13-12-25/h5-10,14,21,23,25H,3-4,11-13,15-16H2,1-2H3/t21-/m1/s1. The van der Waals surface area contributed by atoms with Crippen LogP contribution >= 0.6 is 0 Å². The van der Waals surface area contributed by atoms with E-state index in [0.717, 1.165) is 25.4 Å². The number of likely N-dealkylation sites (tertiary alicyclic amines) is 1. The summed E-state index contributed by atoms with van der Waals surface area (Å²) < 4.78 is 5.43. The highest BCUT2D eigenvalue weighted by atomic mass is 16.5. The highest BCUT2D eigenvalue weighted by molar-refractivity contribution is 5.48.